The number of nitrogens with zero attached hydrogens (tertiary/aromatic N) is 1. The largest absolute Gasteiger partial charge is 0.276 e. The van der Waals surface area contributed by atoms with Gasteiger partial charge in [-0.05, 0) is 6.07 Å². The van der Waals surface area contributed by atoms with Gasteiger partial charge in [-0.2, -0.15) is 0 Å². The Morgan fingerprint density at radius 3 is 2.77 bits per heavy atom. The van der Waals surface area contributed by atoms with Crippen LogP contribution in [0.5, 0.6) is 0 Å². The highest BCUT2D eigenvalue weighted by atomic mass is 35.5. The van der Waals surface area contributed by atoms with Gasteiger partial charge in [-0.3, -0.25) is 10.1 Å². The first kappa shape index (κ1) is 9.74. The molecule has 68 valence electrons. The third-order valence-electron chi connectivity index (χ3n) is 1.52. The first-order chi connectivity index (χ1) is 6.25. The van der Waals surface area contributed by atoms with Crippen LogP contribution in [-0.4, -0.2) is 10.8 Å². The second-order valence-corrected chi connectivity index (χ2v) is 2.68. The van der Waals surface area contributed by atoms with Gasteiger partial charge in [0.25, 0.3) is 5.69 Å². The number of para-hydroxylation sites is 1. The zero-order chi connectivity index (χ0) is 9.68. The molecule has 0 amide bonds. The van der Waals surface area contributed by atoms with Gasteiger partial charge in [-0.15, -0.1) is 11.6 Å². The smallest absolute Gasteiger partial charge is 0.258 e. The van der Waals surface area contributed by atoms with E-state index in [4.69, 9.17) is 11.6 Å². The molecule has 0 saturated carbocycles. The normalized spacial score (nSPS) is 10.5. The SMILES string of the molecule is O=[N+]([O-])c1ccccc1/C=C/CCl. The van der Waals surface area contributed by atoms with Crippen molar-refractivity contribution < 1.29 is 4.92 Å². The van der Waals surface area contributed by atoms with Crippen molar-refractivity contribution in [1.82, 2.24) is 0 Å². The maximum atomic E-state index is 10.5. The van der Waals surface area contributed by atoms with Crippen LogP contribution in [0.4, 0.5) is 5.69 Å². The summed E-state index contributed by atoms with van der Waals surface area (Å²) in [4.78, 5) is 10.1. The summed E-state index contributed by atoms with van der Waals surface area (Å²) in [5.41, 5.74) is 0.678. The summed E-state index contributed by atoms with van der Waals surface area (Å²) in [7, 11) is 0. The topological polar surface area (TPSA) is 43.1 Å². The van der Waals surface area contributed by atoms with Crippen LogP contribution in [-0.2, 0) is 0 Å². The molecule has 0 aliphatic carbocycles. The van der Waals surface area contributed by atoms with Gasteiger partial charge in [0.1, 0.15) is 0 Å². The number of hydrogen-bond acceptors (Lipinski definition) is 2. The summed E-state index contributed by atoms with van der Waals surface area (Å²) < 4.78 is 0. The van der Waals surface area contributed by atoms with Crippen molar-refractivity contribution >= 4 is 23.4 Å². The van der Waals surface area contributed by atoms with E-state index in [1.165, 1.54) is 6.07 Å². The van der Waals surface area contributed by atoms with E-state index in [1.807, 2.05) is 0 Å². The summed E-state index contributed by atoms with van der Waals surface area (Å²) in [5, 5.41) is 10.5. The zero-order valence-corrected chi connectivity index (χ0v) is 7.57. The maximum absolute atomic E-state index is 10.5. The lowest BCUT2D eigenvalue weighted by atomic mass is 10.2. The van der Waals surface area contributed by atoms with Gasteiger partial charge >= 0.3 is 0 Å². The molecule has 0 spiro atoms. The van der Waals surface area contributed by atoms with Gasteiger partial charge in [0, 0.05) is 11.9 Å². The summed E-state index contributed by atoms with van der Waals surface area (Å²) >= 11 is 5.43. The average molecular weight is 198 g/mol. The number of allylic oxidation sites excluding steroid dienone is 1. The lowest BCUT2D eigenvalue weighted by Crippen LogP contribution is -1.90. The lowest BCUT2D eigenvalue weighted by molar-refractivity contribution is -0.385. The highest BCUT2D eigenvalue weighted by molar-refractivity contribution is 6.19. The third-order valence-corrected chi connectivity index (χ3v) is 1.70. The van der Waals surface area contributed by atoms with Crippen LogP contribution in [0.1, 0.15) is 5.56 Å². The highest BCUT2D eigenvalue weighted by Gasteiger charge is 2.08. The summed E-state index contributed by atoms with van der Waals surface area (Å²) in [5.74, 6) is 0.353. The fraction of sp³-hybridized carbons (Fsp3) is 0.111. The molecule has 0 unspecified atom stereocenters. The molecule has 0 radical (unpaired) electrons. The molecule has 1 rings (SSSR count). The molecule has 0 aliphatic heterocycles. The van der Waals surface area contributed by atoms with E-state index in [1.54, 1.807) is 30.4 Å². The second-order valence-electron chi connectivity index (χ2n) is 2.37. The molecule has 1 aromatic carbocycles. The van der Waals surface area contributed by atoms with Gasteiger partial charge < -0.3 is 0 Å². The quantitative estimate of drug-likeness (QED) is 0.425. The molecule has 0 aliphatic rings. The molecule has 0 saturated heterocycles. The molecular weight excluding hydrogens is 190 g/mol. The second kappa shape index (κ2) is 4.62. The van der Waals surface area contributed by atoms with E-state index in [0.29, 0.717) is 11.4 Å². The van der Waals surface area contributed by atoms with E-state index < -0.39 is 4.92 Å². The van der Waals surface area contributed by atoms with Crippen LogP contribution >= 0.6 is 11.6 Å². The molecule has 0 N–H and O–H groups in total. The molecule has 0 aromatic heterocycles. The number of rotatable bonds is 3. The van der Waals surface area contributed by atoms with Crippen LogP contribution in [0.3, 0.4) is 0 Å². The number of alkyl halides is 1. The minimum atomic E-state index is -0.409. The Labute approximate surface area is 80.8 Å². The van der Waals surface area contributed by atoms with Crippen molar-refractivity contribution in [2.24, 2.45) is 0 Å². The molecule has 0 fully saturated rings. The molecule has 4 heteroatoms. The monoisotopic (exact) mass is 197 g/mol. The van der Waals surface area contributed by atoms with Crippen molar-refractivity contribution in [3.05, 3.63) is 46.0 Å². The van der Waals surface area contributed by atoms with Crippen molar-refractivity contribution in [2.75, 3.05) is 5.88 Å². The summed E-state index contributed by atoms with van der Waals surface area (Å²) in [6, 6.07) is 6.53. The molecule has 1 aromatic rings. The van der Waals surface area contributed by atoms with Crippen LogP contribution in [0.2, 0.25) is 0 Å². The van der Waals surface area contributed by atoms with Gasteiger partial charge in [0.15, 0.2) is 0 Å². The van der Waals surface area contributed by atoms with E-state index >= 15 is 0 Å². The van der Waals surface area contributed by atoms with Gasteiger partial charge in [-0.25, -0.2) is 0 Å². The van der Waals surface area contributed by atoms with Crippen LogP contribution in [0.25, 0.3) is 6.08 Å². The van der Waals surface area contributed by atoms with Crippen molar-refractivity contribution in [2.45, 2.75) is 0 Å². The minimum Gasteiger partial charge on any atom is -0.258 e. The summed E-state index contributed by atoms with van der Waals surface area (Å²) in [6.07, 6.45) is 3.31. The Bertz CT molecular complexity index is 336. The average Bonchev–Trinajstić information content (AvgIpc) is 2.15. The van der Waals surface area contributed by atoms with Crippen LogP contribution in [0, 0.1) is 10.1 Å². The van der Waals surface area contributed by atoms with Crippen molar-refractivity contribution in [3.8, 4) is 0 Å². The molecule has 0 atom stereocenters. The highest BCUT2D eigenvalue weighted by Crippen LogP contribution is 2.18. The molecule has 0 heterocycles. The number of nitro benzene ring substituents is 1. The van der Waals surface area contributed by atoms with E-state index in [-0.39, 0.29) is 5.69 Å². The minimum absolute atomic E-state index is 0.101. The fourth-order valence-corrected chi connectivity index (χ4v) is 1.06. The predicted molar refractivity (Wildman–Crippen MR) is 52.9 cm³/mol. The number of hydrogen-bond donors (Lipinski definition) is 0. The number of nitro groups is 1. The van der Waals surface area contributed by atoms with Gasteiger partial charge in [0.2, 0.25) is 0 Å². The predicted octanol–water partition coefficient (Wildman–Crippen LogP) is 2.85. The molecule has 13 heavy (non-hydrogen) atoms. The Morgan fingerprint density at radius 2 is 2.15 bits per heavy atom. The third kappa shape index (κ3) is 2.56. The lowest BCUT2D eigenvalue weighted by Gasteiger charge is -1.95. The first-order valence-corrected chi connectivity index (χ1v) is 4.25. The molecule has 0 bridgehead atoms. The van der Waals surface area contributed by atoms with Crippen LogP contribution in [0.15, 0.2) is 30.3 Å². The van der Waals surface area contributed by atoms with E-state index in [2.05, 4.69) is 0 Å². The zero-order valence-electron chi connectivity index (χ0n) is 6.81. The Balaban J connectivity index is 3.05. The number of halogens is 1. The van der Waals surface area contributed by atoms with Crippen LogP contribution < -0.4 is 0 Å². The van der Waals surface area contributed by atoms with Crippen molar-refractivity contribution in [1.29, 1.82) is 0 Å². The maximum Gasteiger partial charge on any atom is 0.276 e. The Morgan fingerprint density at radius 1 is 1.46 bits per heavy atom. The van der Waals surface area contributed by atoms with Gasteiger partial charge in [0.05, 0.1) is 10.5 Å². The molecule has 3 nitrogen and oxygen atoms in total. The van der Waals surface area contributed by atoms with E-state index in [0.717, 1.165) is 0 Å². The van der Waals surface area contributed by atoms with Gasteiger partial charge in [-0.1, -0.05) is 24.3 Å². The van der Waals surface area contributed by atoms with E-state index in [9.17, 15) is 10.1 Å². The number of benzene rings is 1. The first-order valence-electron chi connectivity index (χ1n) is 3.71. The summed E-state index contributed by atoms with van der Waals surface area (Å²) in [6.45, 7) is 0. The molecular formula is C9H8ClNO2. The van der Waals surface area contributed by atoms with Crippen molar-refractivity contribution in [3.63, 3.8) is 0 Å². The standard InChI is InChI=1S/C9H8ClNO2/c10-7-3-5-8-4-1-2-6-9(8)11(12)13/h1-6H,7H2/b5-3+. The fourth-order valence-electron chi connectivity index (χ4n) is 0.966. The Kier molecular flexibility index (Phi) is 3.46. The Hall–Kier alpha value is -1.35.